The number of hydrogen-bond acceptors (Lipinski definition) is 5. The van der Waals surface area contributed by atoms with E-state index in [0.29, 0.717) is 19.1 Å². The molecule has 0 aromatic carbocycles. The van der Waals surface area contributed by atoms with Crippen LogP contribution in [-0.4, -0.2) is 36.4 Å². The molecule has 0 spiro atoms. The Labute approximate surface area is 108 Å². The Balaban J connectivity index is 1.97. The molecule has 3 unspecified atom stereocenters. The molecule has 0 aliphatic heterocycles. The minimum atomic E-state index is 0.124. The van der Waals surface area contributed by atoms with Crippen LogP contribution in [0.5, 0.6) is 5.88 Å². The monoisotopic (exact) mass is 251 g/mol. The van der Waals surface area contributed by atoms with Crippen molar-refractivity contribution in [3.8, 4) is 5.88 Å². The van der Waals surface area contributed by atoms with Crippen molar-refractivity contribution < 1.29 is 9.47 Å². The van der Waals surface area contributed by atoms with E-state index in [9.17, 15) is 0 Å². The number of rotatable bonds is 6. The highest BCUT2D eigenvalue weighted by Crippen LogP contribution is 2.26. The molecule has 3 N–H and O–H groups in total. The van der Waals surface area contributed by atoms with Crippen LogP contribution in [0.15, 0.2) is 18.2 Å². The summed E-state index contributed by atoms with van der Waals surface area (Å²) in [7, 11) is 0. The van der Waals surface area contributed by atoms with Crippen molar-refractivity contribution >= 4 is 5.82 Å². The van der Waals surface area contributed by atoms with E-state index in [4.69, 9.17) is 15.2 Å². The quantitative estimate of drug-likeness (QED) is 0.799. The van der Waals surface area contributed by atoms with Gasteiger partial charge in [-0.3, -0.25) is 0 Å². The van der Waals surface area contributed by atoms with E-state index < -0.39 is 0 Å². The van der Waals surface area contributed by atoms with Crippen molar-refractivity contribution in [3.63, 3.8) is 0 Å². The van der Waals surface area contributed by atoms with Gasteiger partial charge in [0.25, 0.3) is 0 Å². The second kappa shape index (κ2) is 6.02. The molecule has 0 bridgehead atoms. The SMILES string of the molecule is CCOc1cccc(NC2C(N)CC2OCC)n1. The van der Waals surface area contributed by atoms with Gasteiger partial charge in [0.1, 0.15) is 5.82 Å². The number of hydrogen-bond donors (Lipinski definition) is 2. The molecule has 0 radical (unpaired) electrons. The average Bonchev–Trinajstić information content (AvgIpc) is 2.37. The van der Waals surface area contributed by atoms with Crippen LogP contribution in [0.3, 0.4) is 0 Å². The molecular formula is C13H21N3O2. The summed E-state index contributed by atoms with van der Waals surface area (Å²) in [6, 6.07) is 5.93. The summed E-state index contributed by atoms with van der Waals surface area (Å²) in [6.07, 6.45) is 1.08. The van der Waals surface area contributed by atoms with E-state index in [2.05, 4.69) is 10.3 Å². The largest absolute Gasteiger partial charge is 0.478 e. The smallest absolute Gasteiger partial charge is 0.215 e. The number of nitrogens with zero attached hydrogens (tertiary/aromatic N) is 1. The van der Waals surface area contributed by atoms with Gasteiger partial charge in [0, 0.05) is 18.7 Å². The van der Waals surface area contributed by atoms with Crippen LogP contribution in [0, 0.1) is 0 Å². The molecule has 2 rings (SSSR count). The highest BCUT2D eigenvalue weighted by Gasteiger charge is 2.39. The van der Waals surface area contributed by atoms with Crippen molar-refractivity contribution in [1.82, 2.24) is 4.98 Å². The van der Waals surface area contributed by atoms with Gasteiger partial charge in [-0.15, -0.1) is 0 Å². The van der Waals surface area contributed by atoms with Crippen LogP contribution >= 0.6 is 0 Å². The zero-order valence-corrected chi connectivity index (χ0v) is 10.9. The fourth-order valence-electron chi connectivity index (χ4n) is 2.12. The topological polar surface area (TPSA) is 69.4 Å². The van der Waals surface area contributed by atoms with E-state index in [0.717, 1.165) is 12.2 Å². The molecule has 1 aromatic rings. The van der Waals surface area contributed by atoms with E-state index in [1.165, 1.54) is 0 Å². The van der Waals surface area contributed by atoms with E-state index in [1.54, 1.807) is 0 Å². The molecule has 1 saturated carbocycles. The summed E-state index contributed by atoms with van der Waals surface area (Å²) in [5, 5.41) is 3.32. The Morgan fingerprint density at radius 1 is 1.39 bits per heavy atom. The second-order valence-electron chi connectivity index (χ2n) is 4.36. The fraction of sp³-hybridized carbons (Fsp3) is 0.615. The minimum Gasteiger partial charge on any atom is -0.478 e. The third kappa shape index (κ3) is 2.91. The summed E-state index contributed by atoms with van der Waals surface area (Å²) in [6.45, 7) is 5.26. The normalized spacial score (nSPS) is 26.5. The Hall–Kier alpha value is -1.33. The highest BCUT2D eigenvalue weighted by atomic mass is 16.5. The predicted octanol–water partition coefficient (Wildman–Crippen LogP) is 1.40. The van der Waals surface area contributed by atoms with Gasteiger partial charge in [-0.25, -0.2) is 0 Å². The molecule has 3 atom stereocenters. The summed E-state index contributed by atoms with van der Waals surface area (Å²) < 4.78 is 11.0. The maximum Gasteiger partial charge on any atom is 0.215 e. The molecule has 1 aliphatic carbocycles. The lowest BCUT2D eigenvalue weighted by Crippen LogP contribution is -2.60. The van der Waals surface area contributed by atoms with E-state index in [-0.39, 0.29) is 18.2 Å². The third-order valence-corrected chi connectivity index (χ3v) is 3.08. The molecule has 0 saturated heterocycles. The van der Waals surface area contributed by atoms with Gasteiger partial charge < -0.3 is 20.5 Å². The third-order valence-electron chi connectivity index (χ3n) is 3.08. The summed E-state index contributed by atoms with van der Waals surface area (Å²) in [5.74, 6) is 1.41. The van der Waals surface area contributed by atoms with Gasteiger partial charge in [-0.1, -0.05) is 6.07 Å². The Morgan fingerprint density at radius 3 is 2.89 bits per heavy atom. The van der Waals surface area contributed by atoms with Gasteiger partial charge in [-0.2, -0.15) is 4.98 Å². The standard InChI is InChI=1S/C13H21N3O2/c1-3-17-10-8-9(14)13(10)16-11-6-5-7-12(15-11)18-4-2/h5-7,9-10,13H,3-4,8,14H2,1-2H3,(H,15,16). The first-order valence-corrected chi connectivity index (χ1v) is 6.48. The number of nitrogens with one attached hydrogen (secondary N) is 1. The van der Waals surface area contributed by atoms with Gasteiger partial charge >= 0.3 is 0 Å². The summed E-state index contributed by atoms with van der Waals surface area (Å²) in [5.41, 5.74) is 5.99. The highest BCUT2D eigenvalue weighted by molar-refractivity contribution is 5.40. The fourth-order valence-corrected chi connectivity index (χ4v) is 2.12. The van der Waals surface area contributed by atoms with Crippen LogP contribution in [-0.2, 0) is 4.74 Å². The van der Waals surface area contributed by atoms with Crippen LogP contribution in [0.1, 0.15) is 20.3 Å². The van der Waals surface area contributed by atoms with Gasteiger partial charge in [0.15, 0.2) is 0 Å². The zero-order valence-electron chi connectivity index (χ0n) is 10.9. The first kappa shape index (κ1) is 13.1. The molecule has 1 heterocycles. The van der Waals surface area contributed by atoms with Crippen LogP contribution in [0.4, 0.5) is 5.82 Å². The number of ether oxygens (including phenoxy) is 2. The first-order chi connectivity index (χ1) is 8.74. The number of pyridine rings is 1. The predicted molar refractivity (Wildman–Crippen MR) is 70.8 cm³/mol. The second-order valence-corrected chi connectivity index (χ2v) is 4.36. The van der Waals surface area contributed by atoms with Gasteiger partial charge in [0.05, 0.1) is 18.8 Å². The van der Waals surface area contributed by atoms with Gasteiger partial charge in [0.2, 0.25) is 5.88 Å². The molecule has 5 heteroatoms. The summed E-state index contributed by atoms with van der Waals surface area (Å²) >= 11 is 0. The Kier molecular flexibility index (Phi) is 4.38. The van der Waals surface area contributed by atoms with Crippen LogP contribution in [0.25, 0.3) is 0 Å². The van der Waals surface area contributed by atoms with E-state index in [1.807, 2.05) is 32.0 Å². The number of aromatic nitrogens is 1. The van der Waals surface area contributed by atoms with E-state index >= 15 is 0 Å². The molecule has 0 amide bonds. The molecule has 100 valence electrons. The van der Waals surface area contributed by atoms with Crippen molar-refractivity contribution in [2.24, 2.45) is 5.73 Å². The maximum absolute atomic E-state index is 5.99. The molecule has 5 nitrogen and oxygen atoms in total. The molecule has 1 aliphatic rings. The van der Waals surface area contributed by atoms with Crippen molar-refractivity contribution in [2.45, 2.75) is 38.5 Å². The Bertz CT molecular complexity index is 384. The lowest BCUT2D eigenvalue weighted by Gasteiger charge is -2.42. The number of anilines is 1. The minimum absolute atomic E-state index is 0.124. The zero-order chi connectivity index (χ0) is 13.0. The van der Waals surface area contributed by atoms with Crippen molar-refractivity contribution in [1.29, 1.82) is 0 Å². The van der Waals surface area contributed by atoms with Crippen LogP contribution in [0.2, 0.25) is 0 Å². The lowest BCUT2D eigenvalue weighted by atomic mass is 9.83. The Morgan fingerprint density at radius 2 is 2.22 bits per heavy atom. The maximum atomic E-state index is 5.99. The van der Waals surface area contributed by atoms with Crippen LogP contribution < -0.4 is 15.8 Å². The first-order valence-electron chi connectivity index (χ1n) is 6.48. The lowest BCUT2D eigenvalue weighted by molar-refractivity contribution is -0.0127. The number of nitrogens with two attached hydrogens (primary N) is 1. The van der Waals surface area contributed by atoms with Crippen molar-refractivity contribution in [3.05, 3.63) is 18.2 Å². The van der Waals surface area contributed by atoms with Crippen molar-refractivity contribution in [2.75, 3.05) is 18.5 Å². The molecule has 1 aromatic heterocycles. The van der Waals surface area contributed by atoms with Gasteiger partial charge in [-0.05, 0) is 26.3 Å². The molecule has 18 heavy (non-hydrogen) atoms. The molecular weight excluding hydrogens is 230 g/mol. The average molecular weight is 251 g/mol. The summed E-state index contributed by atoms with van der Waals surface area (Å²) in [4.78, 5) is 4.37. The molecule has 1 fully saturated rings.